The first-order valence-corrected chi connectivity index (χ1v) is 5.61. The third-order valence-corrected chi connectivity index (χ3v) is 3.07. The van der Waals surface area contributed by atoms with Crippen LogP contribution in [0.3, 0.4) is 0 Å². The van der Waals surface area contributed by atoms with Crippen LogP contribution in [0.15, 0.2) is 30.5 Å². The number of aromatic amines is 1. The summed E-state index contributed by atoms with van der Waals surface area (Å²) in [6.07, 6.45) is 1.90. The van der Waals surface area contributed by atoms with Crippen molar-refractivity contribution >= 4 is 16.8 Å². The van der Waals surface area contributed by atoms with Gasteiger partial charge in [0, 0.05) is 24.1 Å². The summed E-state index contributed by atoms with van der Waals surface area (Å²) in [6.45, 7) is 3.82. The summed E-state index contributed by atoms with van der Waals surface area (Å²) in [5, 5.41) is 1.09. The fraction of sp³-hybridized carbons (Fsp3) is 0.308. The van der Waals surface area contributed by atoms with Gasteiger partial charge in [-0.15, -0.1) is 0 Å². The van der Waals surface area contributed by atoms with Gasteiger partial charge in [0.25, 0.3) is 0 Å². The standard InChI is InChI=1S/C13H17N3O/c1-13(2,12(17)16-14-3)10-8-15-11-7-5-4-6-9(10)11/h4-8,14-15H,1-3H3,(H,16,17). The predicted molar refractivity (Wildman–Crippen MR) is 68.5 cm³/mol. The van der Waals surface area contributed by atoms with Crippen LogP contribution in [0, 0.1) is 0 Å². The average Bonchev–Trinajstić information content (AvgIpc) is 2.73. The van der Waals surface area contributed by atoms with Gasteiger partial charge in [-0.1, -0.05) is 18.2 Å². The lowest BCUT2D eigenvalue weighted by Gasteiger charge is -2.22. The zero-order valence-electron chi connectivity index (χ0n) is 10.3. The van der Waals surface area contributed by atoms with Crippen LogP contribution in [0.2, 0.25) is 0 Å². The second-order valence-electron chi connectivity index (χ2n) is 4.58. The largest absolute Gasteiger partial charge is 0.361 e. The number of nitrogens with one attached hydrogen (secondary N) is 3. The van der Waals surface area contributed by atoms with Gasteiger partial charge in [-0.05, 0) is 25.5 Å². The van der Waals surface area contributed by atoms with Gasteiger partial charge in [0.2, 0.25) is 5.91 Å². The number of hydrogen-bond acceptors (Lipinski definition) is 2. The van der Waals surface area contributed by atoms with E-state index in [0.29, 0.717) is 0 Å². The molecule has 1 heterocycles. The Balaban J connectivity index is 2.48. The smallest absolute Gasteiger partial charge is 0.244 e. The molecule has 0 unspecified atom stereocenters. The summed E-state index contributed by atoms with van der Waals surface area (Å²) in [5.74, 6) is -0.0512. The van der Waals surface area contributed by atoms with E-state index in [9.17, 15) is 4.79 Å². The maximum Gasteiger partial charge on any atom is 0.244 e. The highest BCUT2D eigenvalue weighted by molar-refractivity contribution is 5.94. The minimum atomic E-state index is -0.581. The van der Waals surface area contributed by atoms with Crippen molar-refractivity contribution in [2.24, 2.45) is 0 Å². The molecule has 0 radical (unpaired) electrons. The van der Waals surface area contributed by atoms with Crippen molar-refractivity contribution in [2.45, 2.75) is 19.3 Å². The van der Waals surface area contributed by atoms with E-state index in [4.69, 9.17) is 0 Å². The fourth-order valence-corrected chi connectivity index (χ4v) is 1.98. The average molecular weight is 231 g/mol. The molecular weight excluding hydrogens is 214 g/mol. The number of benzene rings is 1. The molecule has 0 spiro atoms. The molecule has 4 heteroatoms. The van der Waals surface area contributed by atoms with Crippen LogP contribution in [0.25, 0.3) is 10.9 Å². The number of carbonyl (C=O) groups is 1. The Bertz CT molecular complexity index is 542. The third kappa shape index (κ3) is 1.91. The molecule has 1 amide bonds. The summed E-state index contributed by atoms with van der Waals surface area (Å²) >= 11 is 0. The zero-order chi connectivity index (χ0) is 12.5. The van der Waals surface area contributed by atoms with Crippen molar-refractivity contribution in [1.82, 2.24) is 15.8 Å². The Morgan fingerprint density at radius 1 is 1.29 bits per heavy atom. The normalized spacial score (nSPS) is 11.7. The van der Waals surface area contributed by atoms with Gasteiger partial charge in [0.1, 0.15) is 0 Å². The molecule has 2 aromatic rings. The van der Waals surface area contributed by atoms with E-state index in [1.54, 1.807) is 7.05 Å². The molecule has 17 heavy (non-hydrogen) atoms. The fourth-order valence-electron chi connectivity index (χ4n) is 1.98. The quantitative estimate of drug-likeness (QED) is 0.704. The first-order chi connectivity index (χ1) is 8.07. The van der Waals surface area contributed by atoms with Crippen molar-refractivity contribution in [1.29, 1.82) is 0 Å². The van der Waals surface area contributed by atoms with Gasteiger partial charge in [0.05, 0.1) is 5.41 Å². The van der Waals surface area contributed by atoms with E-state index in [0.717, 1.165) is 16.5 Å². The van der Waals surface area contributed by atoms with E-state index < -0.39 is 5.41 Å². The molecule has 0 aliphatic rings. The van der Waals surface area contributed by atoms with Crippen LogP contribution in [-0.2, 0) is 10.2 Å². The molecule has 90 valence electrons. The Morgan fingerprint density at radius 2 is 2.00 bits per heavy atom. The molecule has 3 N–H and O–H groups in total. The summed E-state index contributed by atoms with van der Waals surface area (Å²) in [5.41, 5.74) is 6.78. The molecule has 0 saturated heterocycles. The highest BCUT2D eigenvalue weighted by atomic mass is 16.2. The van der Waals surface area contributed by atoms with Crippen LogP contribution in [0.4, 0.5) is 0 Å². The summed E-state index contributed by atoms with van der Waals surface area (Å²) in [4.78, 5) is 15.2. The van der Waals surface area contributed by atoms with Crippen molar-refractivity contribution in [3.8, 4) is 0 Å². The number of hydrazine groups is 1. The molecule has 0 atom stereocenters. The summed E-state index contributed by atoms with van der Waals surface area (Å²) in [7, 11) is 1.68. The highest BCUT2D eigenvalue weighted by Gasteiger charge is 2.31. The first kappa shape index (κ1) is 11.7. The second kappa shape index (κ2) is 4.22. The van der Waals surface area contributed by atoms with Crippen LogP contribution in [0.1, 0.15) is 19.4 Å². The minimum Gasteiger partial charge on any atom is -0.361 e. The van der Waals surface area contributed by atoms with Gasteiger partial charge < -0.3 is 4.98 Å². The topological polar surface area (TPSA) is 56.9 Å². The Kier molecular flexibility index (Phi) is 2.90. The van der Waals surface area contributed by atoms with Crippen molar-refractivity contribution in [3.63, 3.8) is 0 Å². The number of fused-ring (bicyclic) bond motifs is 1. The first-order valence-electron chi connectivity index (χ1n) is 5.61. The number of H-pyrrole nitrogens is 1. The lowest BCUT2D eigenvalue weighted by atomic mass is 9.84. The number of rotatable bonds is 3. The van der Waals surface area contributed by atoms with Gasteiger partial charge in [-0.25, -0.2) is 5.43 Å². The van der Waals surface area contributed by atoms with Crippen LogP contribution in [-0.4, -0.2) is 17.9 Å². The third-order valence-electron chi connectivity index (χ3n) is 3.07. The van der Waals surface area contributed by atoms with E-state index in [1.807, 2.05) is 44.3 Å². The molecule has 0 fully saturated rings. The lowest BCUT2D eigenvalue weighted by molar-refractivity contribution is -0.126. The second-order valence-corrected chi connectivity index (χ2v) is 4.58. The van der Waals surface area contributed by atoms with E-state index >= 15 is 0 Å². The van der Waals surface area contributed by atoms with Gasteiger partial charge in [0.15, 0.2) is 0 Å². The number of hydrogen-bond donors (Lipinski definition) is 3. The van der Waals surface area contributed by atoms with Gasteiger partial charge in [-0.2, -0.15) is 0 Å². The Labute approximate surface area is 100 Å². The van der Waals surface area contributed by atoms with Crippen LogP contribution < -0.4 is 10.9 Å². The summed E-state index contributed by atoms with van der Waals surface area (Å²) < 4.78 is 0. The summed E-state index contributed by atoms with van der Waals surface area (Å²) in [6, 6.07) is 7.98. The minimum absolute atomic E-state index is 0.0512. The van der Waals surface area contributed by atoms with Crippen molar-refractivity contribution in [3.05, 3.63) is 36.0 Å². The number of aromatic nitrogens is 1. The molecular formula is C13H17N3O. The SMILES string of the molecule is CNNC(=O)C(C)(C)c1c[nH]c2ccccc12. The monoisotopic (exact) mass is 231 g/mol. The highest BCUT2D eigenvalue weighted by Crippen LogP contribution is 2.30. The molecule has 0 aliphatic heterocycles. The Morgan fingerprint density at radius 3 is 2.71 bits per heavy atom. The van der Waals surface area contributed by atoms with E-state index in [1.165, 1.54) is 0 Å². The molecule has 1 aromatic heterocycles. The van der Waals surface area contributed by atoms with Crippen LogP contribution in [0.5, 0.6) is 0 Å². The number of para-hydroxylation sites is 1. The number of carbonyl (C=O) groups excluding carboxylic acids is 1. The van der Waals surface area contributed by atoms with Crippen molar-refractivity contribution < 1.29 is 4.79 Å². The molecule has 0 saturated carbocycles. The zero-order valence-corrected chi connectivity index (χ0v) is 10.3. The molecule has 2 rings (SSSR count). The maximum absolute atomic E-state index is 12.0. The lowest BCUT2D eigenvalue weighted by Crippen LogP contribution is -2.45. The molecule has 0 aliphatic carbocycles. The van der Waals surface area contributed by atoms with Gasteiger partial charge >= 0.3 is 0 Å². The van der Waals surface area contributed by atoms with Crippen molar-refractivity contribution in [2.75, 3.05) is 7.05 Å². The number of amides is 1. The maximum atomic E-state index is 12.0. The van der Waals surface area contributed by atoms with E-state index in [-0.39, 0.29) is 5.91 Å². The Hall–Kier alpha value is -1.81. The molecule has 4 nitrogen and oxygen atoms in total. The van der Waals surface area contributed by atoms with E-state index in [2.05, 4.69) is 15.8 Å². The molecule has 0 bridgehead atoms. The van der Waals surface area contributed by atoms with Crippen LogP contribution >= 0.6 is 0 Å². The predicted octanol–water partition coefficient (Wildman–Crippen LogP) is 1.70. The van der Waals surface area contributed by atoms with Gasteiger partial charge in [-0.3, -0.25) is 10.2 Å². The molecule has 1 aromatic carbocycles.